The highest BCUT2D eigenvalue weighted by Gasteiger charge is 2.52. The van der Waals surface area contributed by atoms with Crippen molar-refractivity contribution in [3.63, 3.8) is 0 Å². The van der Waals surface area contributed by atoms with Gasteiger partial charge in [0.2, 0.25) is 10.0 Å². The Kier molecular flexibility index (Phi) is 4.64. The van der Waals surface area contributed by atoms with Crippen LogP contribution >= 0.6 is 0 Å². The number of halogens is 1. The van der Waals surface area contributed by atoms with E-state index in [4.69, 9.17) is 9.88 Å². The van der Waals surface area contributed by atoms with Gasteiger partial charge in [-0.3, -0.25) is 9.59 Å². The smallest absolute Gasteiger partial charge is 0.317 e. The first-order valence-corrected chi connectivity index (χ1v) is 9.36. The average Bonchev–Trinajstić information content (AvgIpc) is 3.41. The second kappa shape index (κ2) is 6.62. The van der Waals surface area contributed by atoms with E-state index in [1.54, 1.807) is 0 Å². The molecule has 26 heavy (non-hydrogen) atoms. The molecule has 0 amide bonds. The Hall–Kier alpha value is -2.58. The van der Waals surface area contributed by atoms with Gasteiger partial charge in [-0.1, -0.05) is 12.1 Å². The van der Waals surface area contributed by atoms with Crippen molar-refractivity contribution in [1.82, 2.24) is 0 Å². The van der Waals surface area contributed by atoms with Crippen molar-refractivity contribution in [2.24, 2.45) is 5.14 Å². The number of hydrogen-bond donors (Lipinski definition) is 1. The molecule has 1 fully saturated rings. The predicted octanol–water partition coefficient (Wildman–Crippen LogP) is 1.93. The molecule has 0 aliphatic heterocycles. The van der Waals surface area contributed by atoms with E-state index in [0.717, 1.165) is 0 Å². The third-order valence-corrected chi connectivity index (χ3v) is 5.31. The van der Waals surface area contributed by atoms with Crippen molar-refractivity contribution in [3.8, 4) is 0 Å². The summed E-state index contributed by atoms with van der Waals surface area (Å²) in [6, 6.07) is 10.7. The minimum Gasteiger partial charge on any atom is -0.457 e. The van der Waals surface area contributed by atoms with Gasteiger partial charge in [-0.2, -0.15) is 0 Å². The number of sulfonamides is 1. The van der Waals surface area contributed by atoms with Crippen LogP contribution in [0.1, 0.15) is 28.8 Å². The van der Waals surface area contributed by atoms with Crippen LogP contribution in [0, 0.1) is 5.82 Å². The van der Waals surface area contributed by atoms with Gasteiger partial charge in [-0.15, -0.1) is 0 Å². The predicted molar refractivity (Wildman–Crippen MR) is 90.4 cm³/mol. The molecule has 2 aromatic rings. The fourth-order valence-electron chi connectivity index (χ4n) is 2.69. The molecule has 6 nitrogen and oxygen atoms in total. The number of hydrogen-bond acceptors (Lipinski definition) is 5. The molecule has 3 rings (SSSR count). The topological polar surface area (TPSA) is 104 Å². The number of benzene rings is 2. The fraction of sp³-hybridized carbons (Fsp3) is 0.222. The van der Waals surface area contributed by atoms with Crippen molar-refractivity contribution in [1.29, 1.82) is 0 Å². The van der Waals surface area contributed by atoms with E-state index >= 15 is 0 Å². The van der Waals surface area contributed by atoms with Crippen LogP contribution in [-0.2, 0) is 25.0 Å². The minimum atomic E-state index is -3.84. The van der Waals surface area contributed by atoms with Crippen LogP contribution < -0.4 is 5.14 Å². The second-order valence-electron chi connectivity index (χ2n) is 6.16. The quantitative estimate of drug-likeness (QED) is 0.612. The Morgan fingerprint density at radius 1 is 1.04 bits per heavy atom. The van der Waals surface area contributed by atoms with E-state index < -0.39 is 39.6 Å². The van der Waals surface area contributed by atoms with Gasteiger partial charge in [0, 0.05) is 5.56 Å². The third-order valence-electron chi connectivity index (χ3n) is 4.38. The molecule has 0 aromatic heterocycles. The molecule has 0 bridgehead atoms. The Bertz CT molecular complexity index is 948. The molecule has 1 aliphatic carbocycles. The zero-order valence-corrected chi connectivity index (χ0v) is 14.5. The summed E-state index contributed by atoms with van der Waals surface area (Å²) in [6.07, 6.45) is 1.16. The first-order chi connectivity index (χ1) is 12.2. The number of carbonyl (C=O) groups is 2. The Morgan fingerprint density at radius 3 is 2.12 bits per heavy atom. The van der Waals surface area contributed by atoms with Crippen LogP contribution in [0.5, 0.6) is 0 Å². The van der Waals surface area contributed by atoms with E-state index in [1.165, 1.54) is 48.5 Å². The number of Topliss-reactive ketones (excluding diaryl/α,β-unsaturated/α-hetero) is 1. The molecule has 1 aliphatic rings. The van der Waals surface area contributed by atoms with Gasteiger partial charge in [0.15, 0.2) is 12.4 Å². The summed E-state index contributed by atoms with van der Waals surface area (Å²) in [6.45, 7) is -0.462. The molecule has 8 heteroatoms. The van der Waals surface area contributed by atoms with Crippen LogP contribution in [0.3, 0.4) is 0 Å². The van der Waals surface area contributed by atoms with Crippen molar-refractivity contribution in [2.45, 2.75) is 23.2 Å². The fourth-order valence-corrected chi connectivity index (χ4v) is 3.20. The number of ketones is 1. The highest BCUT2D eigenvalue weighted by atomic mass is 32.2. The second-order valence-corrected chi connectivity index (χ2v) is 7.72. The monoisotopic (exact) mass is 377 g/mol. The molecule has 0 unspecified atom stereocenters. The standard InChI is InChI=1S/C18H16FNO5S/c19-14-5-3-13(4-6-14)18(9-10-18)17(22)25-11-16(21)12-1-7-15(8-2-12)26(20,23)24/h1-8H,9-11H2,(H2,20,23,24). The van der Waals surface area contributed by atoms with Crippen molar-refractivity contribution in [3.05, 3.63) is 65.5 Å². The minimum absolute atomic E-state index is 0.112. The molecule has 2 N–H and O–H groups in total. The Labute approximate surface area is 149 Å². The van der Waals surface area contributed by atoms with Gasteiger partial charge in [-0.25, -0.2) is 17.9 Å². The van der Waals surface area contributed by atoms with Crippen LogP contribution in [0.15, 0.2) is 53.4 Å². The van der Waals surface area contributed by atoms with Gasteiger partial charge in [0.05, 0.1) is 10.3 Å². The van der Waals surface area contributed by atoms with Gasteiger partial charge in [0.1, 0.15) is 5.82 Å². The normalized spacial score (nSPS) is 15.3. The van der Waals surface area contributed by atoms with Crippen LogP contribution in [0.25, 0.3) is 0 Å². The Balaban J connectivity index is 1.64. The molecular weight excluding hydrogens is 361 g/mol. The lowest BCUT2D eigenvalue weighted by molar-refractivity contribution is -0.145. The van der Waals surface area contributed by atoms with E-state index in [0.29, 0.717) is 18.4 Å². The first kappa shape index (κ1) is 18.2. The lowest BCUT2D eigenvalue weighted by Crippen LogP contribution is -2.26. The maximum atomic E-state index is 13.0. The van der Waals surface area contributed by atoms with Gasteiger partial charge < -0.3 is 4.74 Å². The molecular formula is C18H16FNO5S. The van der Waals surface area contributed by atoms with Crippen LogP contribution in [0.4, 0.5) is 4.39 Å². The van der Waals surface area contributed by atoms with Crippen LogP contribution in [0.2, 0.25) is 0 Å². The lowest BCUT2D eigenvalue weighted by Gasteiger charge is -2.14. The molecule has 0 atom stereocenters. The highest BCUT2D eigenvalue weighted by molar-refractivity contribution is 7.89. The first-order valence-electron chi connectivity index (χ1n) is 7.82. The van der Waals surface area contributed by atoms with Crippen molar-refractivity contribution >= 4 is 21.8 Å². The van der Waals surface area contributed by atoms with Crippen LogP contribution in [-0.4, -0.2) is 26.8 Å². The molecule has 2 aromatic carbocycles. The largest absolute Gasteiger partial charge is 0.457 e. The molecule has 0 heterocycles. The average molecular weight is 377 g/mol. The molecule has 0 saturated heterocycles. The molecule has 1 saturated carbocycles. The molecule has 0 radical (unpaired) electrons. The van der Waals surface area contributed by atoms with E-state index in [-0.39, 0.29) is 10.5 Å². The zero-order valence-electron chi connectivity index (χ0n) is 13.6. The summed E-state index contributed by atoms with van der Waals surface area (Å²) in [4.78, 5) is 24.4. The summed E-state index contributed by atoms with van der Waals surface area (Å²) in [7, 11) is -3.84. The number of primary sulfonamides is 1. The van der Waals surface area contributed by atoms with E-state index in [1.807, 2.05) is 0 Å². The van der Waals surface area contributed by atoms with Gasteiger partial charge >= 0.3 is 5.97 Å². The summed E-state index contributed by atoms with van der Waals surface area (Å²) < 4.78 is 40.6. The number of rotatable bonds is 6. The number of ether oxygens (including phenoxy) is 1. The number of carbonyl (C=O) groups excluding carboxylic acids is 2. The van der Waals surface area contributed by atoms with Gasteiger partial charge in [0.25, 0.3) is 0 Å². The highest BCUT2D eigenvalue weighted by Crippen LogP contribution is 2.49. The molecule has 0 spiro atoms. The lowest BCUT2D eigenvalue weighted by atomic mass is 9.96. The van der Waals surface area contributed by atoms with Crippen molar-refractivity contribution in [2.75, 3.05) is 6.61 Å². The number of nitrogens with two attached hydrogens (primary N) is 1. The zero-order chi connectivity index (χ0) is 18.9. The summed E-state index contributed by atoms with van der Waals surface area (Å²) >= 11 is 0. The SMILES string of the molecule is NS(=O)(=O)c1ccc(C(=O)COC(=O)C2(c3ccc(F)cc3)CC2)cc1. The third kappa shape index (κ3) is 3.66. The van der Waals surface area contributed by atoms with E-state index in [9.17, 15) is 22.4 Å². The van der Waals surface area contributed by atoms with E-state index in [2.05, 4.69) is 0 Å². The summed E-state index contributed by atoms with van der Waals surface area (Å²) in [5, 5.41) is 5.00. The maximum Gasteiger partial charge on any atom is 0.317 e. The molecule has 136 valence electrons. The summed E-state index contributed by atoms with van der Waals surface area (Å²) in [5.74, 6) is -1.39. The summed E-state index contributed by atoms with van der Waals surface area (Å²) in [5.41, 5.74) is 0.0524. The van der Waals surface area contributed by atoms with Gasteiger partial charge in [-0.05, 0) is 54.8 Å². The Morgan fingerprint density at radius 2 is 1.62 bits per heavy atom. The number of esters is 1. The maximum absolute atomic E-state index is 13.0. The van der Waals surface area contributed by atoms with Crippen molar-refractivity contribution < 1.29 is 27.1 Å².